The molecule has 37 heavy (non-hydrogen) atoms. The molecule has 1 amide bonds. The van der Waals surface area contributed by atoms with Gasteiger partial charge in [0.25, 0.3) is 0 Å². The highest BCUT2D eigenvalue weighted by atomic mass is 32.1. The van der Waals surface area contributed by atoms with E-state index in [4.69, 9.17) is 4.74 Å². The molecule has 1 fully saturated rings. The van der Waals surface area contributed by atoms with E-state index >= 15 is 0 Å². The number of ether oxygens (including phenoxy) is 1. The number of aromatic nitrogens is 5. The minimum absolute atomic E-state index is 0.0494. The summed E-state index contributed by atoms with van der Waals surface area (Å²) in [6, 6.07) is 11.1. The van der Waals surface area contributed by atoms with Gasteiger partial charge in [0.2, 0.25) is 5.91 Å². The molecule has 1 aliphatic rings. The number of amides is 1. The maximum Gasteiger partial charge on any atom is 0.348 e. The van der Waals surface area contributed by atoms with Crippen molar-refractivity contribution in [3.63, 3.8) is 0 Å². The van der Waals surface area contributed by atoms with E-state index in [9.17, 15) is 9.59 Å². The first-order valence-electron chi connectivity index (χ1n) is 11.8. The number of aryl methyl sites for hydroxylation is 1. The Morgan fingerprint density at radius 2 is 1.86 bits per heavy atom. The third-order valence-electron chi connectivity index (χ3n) is 5.80. The van der Waals surface area contributed by atoms with Crippen molar-refractivity contribution in [3.05, 3.63) is 76.1 Å². The molecule has 188 valence electrons. The lowest BCUT2D eigenvalue weighted by molar-refractivity contribution is -0.135. The maximum atomic E-state index is 12.4. The summed E-state index contributed by atoms with van der Waals surface area (Å²) in [6.45, 7) is 5.06. The monoisotopic (exact) mass is 515 g/mol. The third-order valence-corrected chi connectivity index (χ3v) is 6.76. The first kappa shape index (κ1) is 24.4. The van der Waals surface area contributed by atoms with Crippen molar-refractivity contribution >= 4 is 34.8 Å². The summed E-state index contributed by atoms with van der Waals surface area (Å²) in [5, 5.41) is 5.11. The van der Waals surface area contributed by atoms with Crippen LogP contribution in [-0.2, 0) is 16.0 Å². The molecule has 4 aromatic rings. The Morgan fingerprint density at radius 1 is 1.08 bits per heavy atom. The van der Waals surface area contributed by atoms with Crippen LogP contribution in [0.1, 0.15) is 33.7 Å². The molecule has 0 atom stereocenters. The van der Waals surface area contributed by atoms with Crippen molar-refractivity contribution in [2.75, 3.05) is 25.0 Å². The zero-order valence-electron chi connectivity index (χ0n) is 20.4. The number of pyridine rings is 1. The molecule has 1 aliphatic heterocycles. The van der Waals surface area contributed by atoms with Crippen LogP contribution in [0.25, 0.3) is 11.5 Å². The minimum atomic E-state index is -0.350. The van der Waals surface area contributed by atoms with Crippen LogP contribution in [0, 0.1) is 12.8 Å². The van der Waals surface area contributed by atoms with Gasteiger partial charge in [0.1, 0.15) is 28.0 Å². The zero-order valence-corrected chi connectivity index (χ0v) is 21.2. The maximum absolute atomic E-state index is 12.4. The van der Waals surface area contributed by atoms with Crippen molar-refractivity contribution in [2.24, 2.45) is 5.92 Å². The Balaban J connectivity index is 1.18. The average molecular weight is 516 g/mol. The van der Waals surface area contributed by atoms with E-state index in [1.165, 1.54) is 11.3 Å². The molecular formula is C26H25N7O3S. The summed E-state index contributed by atoms with van der Waals surface area (Å²) < 4.78 is 5.43. The molecule has 0 aliphatic carbocycles. The van der Waals surface area contributed by atoms with Crippen LogP contribution in [0.4, 0.5) is 11.6 Å². The van der Waals surface area contributed by atoms with Crippen LogP contribution in [0.15, 0.2) is 54.2 Å². The number of carbonyl (C=O) groups excluding carboxylic acids is 2. The van der Waals surface area contributed by atoms with Crippen LogP contribution in [0.5, 0.6) is 0 Å². The first-order valence-corrected chi connectivity index (χ1v) is 12.7. The number of rotatable bonds is 8. The second-order valence-electron chi connectivity index (χ2n) is 8.80. The van der Waals surface area contributed by atoms with Gasteiger partial charge in [-0.15, -0.1) is 11.3 Å². The van der Waals surface area contributed by atoms with E-state index in [-0.39, 0.29) is 17.8 Å². The van der Waals surface area contributed by atoms with Crippen LogP contribution < -0.4 is 5.32 Å². The number of nitrogens with one attached hydrogen (secondary N) is 1. The molecule has 1 saturated heterocycles. The molecule has 11 heteroatoms. The highest BCUT2D eigenvalue weighted by Crippen LogP contribution is 2.21. The number of hydrogen-bond donors (Lipinski definition) is 1. The molecule has 0 radical (unpaired) electrons. The Kier molecular flexibility index (Phi) is 7.13. The van der Waals surface area contributed by atoms with Crippen molar-refractivity contribution in [2.45, 2.75) is 20.3 Å². The fourth-order valence-electron chi connectivity index (χ4n) is 3.86. The molecule has 5 rings (SSSR count). The largest absolute Gasteiger partial charge is 0.461 e. The predicted molar refractivity (Wildman–Crippen MR) is 138 cm³/mol. The van der Waals surface area contributed by atoms with Gasteiger partial charge in [0.05, 0.1) is 6.61 Å². The second-order valence-corrected chi connectivity index (χ2v) is 9.71. The van der Waals surface area contributed by atoms with E-state index in [1.807, 2.05) is 36.6 Å². The SMILES string of the molecule is CC(=O)N1CC(COC(=O)c2cc(Cc3nccc(Nc4ccnc(-c5cccc(C)n5)n4)n3)cs2)C1. The Hall–Kier alpha value is -4.25. The van der Waals surface area contributed by atoms with Gasteiger partial charge in [0, 0.05) is 50.4 Å². The summed E-state index contributed by atoms with van der Waals surface area (Å²) in [5.41, 5.74) is 2.52. The zero-order chi connectivity index (χ0) is 25.8. The number of esters is 1. The van der Waals surface area contributed by atoms with Gasteiger partial charge in [-0.2, -0.15) is 0 Å². The third kappa shape index (κ3) is 6.12. The molecule has 1 N–H and O–H groups in total. The number of likely N-dealkylation sites (tertiary alicyclic amines) is 1. The second kappa shape index (κ2) is 10.8. The van der Waals surface area contributed by atoms with Gasteiger partial charge in [-0.3, -0.25) is 4.79 Å². The van der Waals surface area contributed by atoms with E-state index in [0.717, 1.165) is 11.3 Å². The summed E-state index contributed by atoms with van der Waals surface area (Å²) in [6.07, 6.45) is 3.82. The summed E-state index contributed by atoms with van der Waals surface area (Å²) >= 11 is 1.33. The lowest BCUT2D eigenvalue weighted by Crippen LogP contribution is -2.50. The summed E-state index contributed by atoms with van der Waals surface area (Å²) in [5.74, 6) is 2.23. The topological polar surface area (TPSA) is 123 Å². The fourth-order valence-corrected chi connectivity index (χ4v) is 4.66. The minimum Gasteiger partial charge on any atom is -0.461 e. The Labute approximate surface area is 217 Å². The molecular weight excluding hydrogens is 490 g/mol. The molecule has 0 spiro atoms. The molecule has 10 nitrogen and oxygen atoms in total. The van der Waals surface area contributed by atoms with Crippen molar-refractivity contribution in [3.8, 4) is 11.5 Å². The van der Waals surface area contributed by atoms with Crippen LogP contribution in [-0.4, -0.2) is 61.4 Å². The van der Waals surface area contributed by atoms with Crippen LogP contribution in [0.2, 0.25) is 0 Å². The summed E-state index contributed by atoms with van der Waals surface area (Å²) in [7, 11) is 0. The van der Waals surface area contributed by atoms with Crippen molar-refractivity contribution in [1.29, 1.82) is 0 Å². The van der Waals surface area contributed by atoms with Crippen LogP contribution >= 0.6 is 11.3 Å². The smallest absolute Gasteiger partial charge is 0.348 e. The van der Waals surface area contributed by atoms with Gasteiger partial charge in [-0.25, -0.2) is 29.7 Å². The van der Waals surface area contributed by atoms with Crippen LogP contribution in [0.3, 0.4) is 0 Å². The number of carbonyl (C=O) groups is 2. The van der Waals surface area contributed by atoms with Gasteiger partial charge in [0.15, 0.2) is 5.82 Å². The van der Waals surface area contributed by atoms with E-state index < -0.39 is 0 Å². The molecule has 4 aromatic heterocycles. The average Bonchev–Trinajstić information content (AvgIpc) is 3.32. The van der Waals surface area contributed by atoms with Gasteiger partial charge in [-0.05, 0) is 48.2 Å². The van der Waals surface area contributed by atoms with Gasteiger partial charge in [-0.1, -0.05) is 6.07 Å². The Morgan fingerprint density at radius 3 is 2.65 bits per heavy atom. The van der Waals surface area contributed by atoms with E-state index in [1.54, 1.807) is 36.4 Å². The lowest BCUT2D eigenvalue weighted by Gasteiger charge is -2.38. The fraction of sp³-hybridized carbons (Fsp3) is 0.269. The lowest BCUT2D eigenvalue weighted by atomic mass is 10.0. The van der Waals surface area contributed by atoms with Crippen molar-refractivity contribution < 1.29 is 14.3 Å². The summed E-state index contributed by atoms with van der Waals surface area (Å²) in [4.78, 5) is 48.3. The standard InChI is InChI=1S/C26H25N7O3S/c1-16-4-3-5-20(29-16)25-28-9-7-23(32-25)30-22-6-8-27-24(31-22)11-18-10-21(37-15-18)26(35)36-14-19-12-33(13-19)17(2)34/h3-10,15,19H,11-14H2,1-2H3,(H,27,28,30,31,32). The molecule has 0 aromatic carbocycles. The first-order chi connectivity index (χ1) is 17.9. The van der Waals surface area contributed by atoms with E-state index in [0.29, 0.717) is 60.0 Å². The Bertz CT molecular complexity index is 1430. The molecule has 0 bridgehead atoms. The van der Waals surface area contributed by atoms with Gasteiger partial charge < -0.3 is 15.0 Å². The number of hydrogen-bond acceptors (Lipinski definition) is 10. The predicted octanol–water partition coefficient (Wildman–Crippen LogP) is 3.67. The van der Waals surface area contributed by atoms with Crippen molar-refractivity contribution in [1.82, 2.24) is 29.8 Å². The van der Waals surface area contributed by atoms with E-state index in [2.05, 4.69) is 30.2 Å². The molecule has 5 heterocycles. The highest BCUT2D eigenvalue weighted by molar-refractivity contribution is 7.12. The number of nitrogens with zero attached hydrogens (tertiary/aromatic N) is 6. The molecule has 0 unspecified atom stereocenters. The highest BCUT2D eigenvalue weighted by Gasteiger charge is 2.29. The molecule has 0 saturated carbocycles. The van der Waals surface area contributed by atoms with Gasteiger partial charge >= 0.3 is 5.97 Å². The quantitative estimate of drug-likeness (QED) is 0.350. The normalized spacial score (nSPS) is 13.2. The number of thiophene rings is 1. The number of anilines is 2.